The van der Waals surface area contributed by atoms with Crippen LogP contribution in [0.5, 0.6) is 0 Å². The molecule has 0 heterocycles. The predicted molar refractivity (Wildman–Crippen MR) is 64.6 cm³/mol. The third-order valence-electron chi connectivity index (χ3n) is 2.44. The normalized spacial score (nSPS) is 11.9. The Morgan fingerprint density at radius 3 is 2.67 bits per heavy atom. The van der Waals surface area contributed by atoms with E-state index in [1.165, 1.54) is 12.1 Å². The van der Waals surface area contributed by atoms with Crippen LogP contribution >= 0.6 is 0 Å². The fraction of sp³-hybridized carbons (Fsp3) is 0.333. The molecule has 4 N–H and O–H groups in total. The van der Waals surface area contributed by atoms with E-state index in [0.717, 1.165) is 6.07 Å². The Bertz CT molecular complexity index is 463. The van der Waals surface area contributed by atoms with Gasteiger partial charge in [-0.2, -0.15) is 0 Å². The summed E-state index contributed by atoms with van der Waals surface area (Å²) in [4.78, 5) is 22.6. The third kappa shape index (κ3) is 3.44. The molecule has 0 spiro atoms. The molecule has 6 heteroatoms. The minimum absolute atomic E-state index is 0.0454. The molecular weight excluding hydrogens is 239 g/mol. The minimum atomic E-state index is -1.11. The Kier molecular flexibility index (Phi) is 4.65. The molecule has 0 aliphatic heterocycles. The molecule has 0 fully saturated rings. The summed E-state index contributed by atoms with van der Waals surface area (Å²) in [5, 5.41) is 11.2. The van der Waals surface area contributed by atoms with Gasteiger partial charge in [-0.15, -0.1) is 0 Å². The Labute approximate surface area is 104 Å². The number of hydrogen-bond acceptors (Lipinski definition) is 3. The lowest BCUT2D eigenvalue weighted by molar-refractivity contribution is -0.139. The Hall–Kier alpha value is -2.11. The van der Waals surface area contributed by atoms with E-state index >= 15 is 0 Å². The van der Waals surface area contributed by atoms with Crippen LogP contribution < -0.4 is 11.1 Å². The average molecular weight is 254 g/mol. The van der Waals surface area contributed by atoms with Gasteiger partial charge >= 0.3 is 5.97 Å². The van der Waals surface area contributed by atoms with E-state index in [1.54, 1.807) is 0 Å². The van der Waals surface area contributed by atoms with Gasteiger partial charge in [0, 0.05) is 5.56 Å². The van der Waals surface area contributed by atoms with Crippen LogP contribution in [-0.4, -0.2) is 23.0 Å². The second-order valence-electron chi connectivity index (χ2n) is 3.89. The molecule has 98 valence electrons. The van der Waals surface area contributed by atoms with Crippen molar-refractivity contribution in [3.05, 3.63) is 29.6 Å². The first kappa shape index (κ1) is 14.0. The lowest BCUT2D eigenvalue weighted by Gasteiger charge is -2.13. The summed E-state index contributed by atoms with van der Waals surface area (Å²) < 4.78 is 13.2. The van der Waals surface area contributed by atoms with Gasteiger partial charge in [0.15, 0.2) is 0 Å². The summed E-state index contributed by atoms with van der Waals surface area (Å²) >= 11 is 0. The lowest BCUT2D eigenvalue weighted by atomic mass is 10.1. The smallest absolute Gasteiger partial charge is 0.326 e. The Balaban J connectivity index is 2.80. The highest BCUT2D eigenvalue weighted by atomic mass is 19.1. The van der Waals surface area contributed by atoms with Gasteiger partial charge in [0.25, 0.3) is 5.91 Å². The molecule has 5 nitrogen and oxygen atoms in total. The number of aliphatic carboxylic acids is 1. The van der Waals surface area contributed by atoms with Gasteiger partial charge in [0.1, 0.15) is 11.9 Å². The number of halogens is 1. The minimum Gasteiger partial charge on any atom is -0.480 e. The van der Waals surface area contributed by atoms with E-state index in [-0.39, 0.29) is 11.3 Å². The first-order valence-electron chi connectivity index (χ1n) is 5.54. The van der Waals surface area contributed by atoms with Crippen LogP contribution in [0.3, 0.4) is 0 Å². The second-order valence-corrected chi connectivity index (χ2v) is 3.89. The third-order valence-corrected chi connectivity index (χ3v) is 2.44. The lowest BCUT2D eigenvalue weighted by Crippen LogP contribution is -2.40. The standard InChI is InChI=1S/C12H15FN2O3/c1-2-3-10(12(17)18)15-11(16)7-4-5-9(14)8(13)6-7/h4-6,10H,2-3,14H2,1H3,(H,15,16)(H,17,18). The molecule has 1 aromatic rings. The molecule has 0 aliphatic carbocycles. The van der Waals surface area contributed by atoms with Crippen LogP contribution in [0, 0.1) is 5.82 Å². The molecule has 1 unspecified atom stereocenters. The summed E-state index contributed by atoms with van der Waals surface area (Å²) in [5.41, 5.74) is 5.27. The largest absolute Gasteiger partial charge is 0.480 e. The van der Waals surface area contributed by atoms with Gasteiger partial charge < -0.3 is 16.2 Å². The number of amides is 1. The van der Waals surface area contributed by atoms with E-state index < -0.39 is 23.7 Å². The summed E-state index contributed by atoms with van der Waals surface area (Å²) in [6, 6.07) is 2.62. The van der Waals surface area contributed by atoms with Crippen molar-refractivity contribution in [2.75, 3.05) is 5.73 Å². The summed E-state index contributed by atoms with van der Waals surface area (Å²) in [7, 11) is 0. The number of carboxylic acids is 1. The van der Waals surface area contributed by atoms with Crippen molar-refractivity contribution in [2.24, 2.45) is 0 Å². The molecule has 0 saturated heterocycles. The van der Waals surface area contributed by atoms with E-state index in [0.29, 0.717) is 12.8 Å². The summed E-state index contributed by atoms with van der Waals surface area (Å²) in [6.07, 6.45) is 0.936. The van der Waals surface area contributed by atoms with Crippen LogP contribution in [-0.2, 0) is 4.79 Å². The quantitative estimate of drug-likeness (QED) is 0.692. The number of carbonyl (C=O) groups excluding carboxylic acids is 1. The van der Waals surface area contributed by atoms with Gasteiger partial charge in [-0.3, -0.25) is 4.79 Å². The molecule has 1 amide bonds. The van der Waals surface area contributed by atoms with Crippen molar-refractivity contribution in [3.63, 3.8) is 0 Å². The summed E-state index contributed by atoms with van der Waals surface area (Å²) in [5.74, 6) is -2.44. The van der Waals surface area contributed by atoms with Crippen molar-refractivity contribution in [3.8, 4) is 0 Å². The zero-order valence-electron chi connectivity index (χ0n) is 9.94. The fourth-order valence-corrected chi connectivity index (χ4v) is 1.46. The topological polar surface area (TPSA) is 92.4 Å². The van der Waals surface area contributed by atoms with Gasteiger partial charge in [-0.25, -0.2) is 9.18 Å². The highest BCUT2D eigenvalue weighted by molar-refractivity contribution is 5.96. The number of nitrogen functional groups attached to an aromatic ring is 1. The van der Waals surface area contributed by atoms with Gasteiger partial charge in [0.05, 0.1) is 5.69 Å². The zero-order chi connectivity index (χ0) is 13.7. The van der Waals surface area contributed by atoms with Crippen LogP contribution in [0.25, 0.3) is 0 Å². The molecule has 1 atom stereocenters. The predicted octanol–water partition coefficient (Wildman–Crippen LogP) is 1.39. The fourth-order valence-electron chi connectivity index (χ4n) is 1.46. The van der Waals surface area contributed by atoms with Crippen molar-refractivity contribution < 1.29 is 19.1 Å². The zero-order valence-corrected chi connectivity index (χ0v) is 9.94. The molecule has 0 saturated carbocycles. The molecule has 0 aromatic heterocycles. The number of nitrogens with two attached hydrogens (primary N) is 1. The highest BCUT2D eigenvalue weighted by Crippen LogP contribution is 2.12. The van der Waals surface area contributed by atoms with Crippen molar-refractivity contribution in [2.45, 2.75) is 25.8 Å². The van der Waals surface area contributed by atoms with Crippen LogP contribution in [0.15, 0.2) is 18.2 Å². The van der Waals surface area contributed by atoms with E-state index in [4.69, 9.17) is 10.8 Å². The van der Waals surface area contributed by atoms with Crippen molar-refractivity contribution in [1.29, 1.82) is 0 Å². The maximum absolute atomic E-state index is 13.2. The number of rotatable bonds is 5. The number of anilines is 1. The SMILES string of the molecule is CCCC(NC(=O)c1ccc(N)c(F)c1)C(=O)O. The monoisotopic (exact) mass is 254 g/mol. The maximum atomic E-state index is 13.2. The molecule has 0 aliphatic rings. The molecule has 18 heavy (non-hydrogen) atoms. The molecular formula is C12H15FN2O3. The second kappa shape index (κ2) is 6.00. The maximum Gasteiger partial charge on any atom is 0.326 e. The number of nitrogens with one attached hydrogen (secondary N) is 1. The van der Waals surface area contributed by atoms with E-state index in [1.807, 2.05) is 6.92 Å². The van der Waals surface area contributed by atoms with Crippen molar-refractivity contribution in [1.82, 2.24) is 5.32 Å². The van der Waals surface area contributed by atoms with Gasteiger partial charge in [-0.1, -0.05) is 13.3 Å². The van der Waals surface area contributed by atoms with E-state index in [2.05, 4.69) is 5.32 Å². The summed E-state index contributed by atoms with van der Waals surface area (Å²) in [6.45, 7) is 1.81. The number of carbonyl (C=O) groups is 2. The van der Waals surface area contributed by atoms with Crippen LogP contribution in [0.1, 0.15) is 30.1 Å². The molecule has 0 radical (unpaired) electrons. The number of benzene rings is 1. The Morgan fingerprint density at radius 2 is 2.17 bits per heavy atom. The van der Waals surface area contributed by atoms with Gasteiger partial charge in [0.2, 0.25) is 0 Å². The average Bonchev–Trinajstić information content (AvgIpc) is 2.31. The highest BCUT2D eigenvalue weighted by Gasteiger charge is 2.19. The number of carboxylic acid groups (broad SMARTS) is 1. The first-order chi connectivity index (χ1) is 8.45. The van der Waals surface area contributed by atoms with E-state index in [9.17, 15) is 14.0 Å². The molecule has 1 rings (SSSR count). The Morgan fingerprint density at radius 1 is 1.50 bits per heavy atom. The van der Waals surface area contributed by atoms with Crippen LogP contribution in [0.4, 0.5) is 10.1 Å². The first-order valence-corrected chi connectivity index (χ1v) is 5.54. The van der Waals surface area contributed by atoms with Gasteiger partial charge in [-0.05, 0) is 24.6 Å². The van der Waals surface area contributed by atoms with Crippen LogP contribution in [0.2, 0.25) is 0 Å². The molecule has 0 bridgehead atoms. The van der Waals surface area contributed by atoms with Crippen molar-refractivity contribution >= 4 is 17.6 Å². The number of hydrogen-bond donors (Lipinski definition) is 3. The molecule has 1 aromatic carbocycles.